The van der Waals surface area contributed by atoms with Gasteiger partial charge in [0.25, 0.3) is 0 Å². The van der Waals surface area contributed by atoms with Crippen LogP contribution in [0, 0.1) is 0 Å². The molecule has 1 amide bonds. The van der Waals surface area contributed by atoms with E-state index in [1.54, 1.807) is 13.1 Å². The summed E-state index contributed by atoms with van der Waals surface area (Å²) in [5, 5.41) is 1.14. The van der Waals surface area contributed by atoms with Gasteiger partial charge in [-0.3, -0.25) is 9.82 Å². The number of carbonyl (C=O) groups is 1. The van der Waals surface area contributed by atoms with E-state index in [1.807, 2.05) is 18.2 Å². The second kappa shape index (κ2) is 5.98. The molecule has 0 aromatic carbocycles. The Morgan fingerprint density at radius 3 is 2.87 bits per heavy atom. The van der Waals surface area contributed by atoms with Crippen LogP contribution < -0.4 is 0 Å². The molecular weight excluding hydrogens is 196 g/mol. The molecular formula is C10H14N2O3. The number of methoxy groups -OCH3 is 1. The molecule has 1 aromatic heterocycles. The first-order valence-electron chi connectivity index (χ1n) is 4.66. The fourth-order valence-corrected chi connectivity index (χ4v) is 1.06. The lowest BCUT2D eigenvalue weighted by Crippen LogP contribution is -2.30. The van der Waals surface area contributed by atoms with Crippen molar-refractivity contribution in [1.29, 1.82) is 0 Å². The average molecular weight is 210 g/mol. The summed E-state index contributed by atoms with van der Waals surface area (Å²) in [4.78, 5) is 20.5. The van der Waals surface area contributed by atoms with Gasteiger partial charge < -0.3 is 4.74 Å². The van der Waals surface area contributed by atoms with Crippen LogP contribution in [0.1, 0.15) is 12.6 Å². The predicted octanol–water partition coefficient (Wildman–Crippen LogP) is 1.60. The molecule has 1 rings (SSSR count). The third kappa shape index (κ3) is 3.55. The van der Waals surface area contributed by atoms with E-state index >= 15 is 0 Å². The van der Waals surface area contributed by atoms with Gasteiger partial charge in [-0.2, -0.15) is 5.06 Å². The van der Waals surface area contributed by atoms with Crippen LogP contribution in [0.4, 0.5) is 4.79 Å². The Bertz CT molecular complexity index is 303. The van der Waals surface area contributed by atoms with Crippen LogP contribution in [-0.2, 0) is 16.1 Å². The molecule has 0 bridgehead atoms. The third-order valence-electron chi connectivity index (χ3n) is 1.69. The van der Waals surface area contributed by atoms with E-state index in [4.69, 9.17) is 4.84 Å². The van der Waals surface area contributed by atoms with Crippen LogP contribution in [0.2, 0.25) is 0 Å². The Labute approximate surface area is 88.6 Å². The molecule has 1 heterocycles. The van der Waals surface area contributed by atoms with E-state index in [0.29, 0.717) is 6.61 Å². The first-order valence-corrected chi connectivity index (χ1v) is 4.66. The van der Waals surface area contributed by atoms with Crippen LogP contribution in [-0.4, -0.2) is 29.9 Å². The van der Waals surface area contributed by atoms with Gasteiger partial charge in [0.2, 0.25) is 0 Å². The summed E-state index contributed by atoms with van der Waals surface area (Å²) in [6.07, 6.45) is 1.14. The molecule has 0 aliphatic carbocycles. The van der Waals surface area contributed by atoms with Gasteiger partial charge in [-0.25, -0.2) is 4.79 Å². The largest absolute Gasteiger partial charge is 0.451 e. The topological polar surface area (TPSA) is 51.7 Å². The summed E-state index contributed by atoms with van der Waals surface area (Å²) < 4.78 is 4.57. The molecule has 0 atom stereocenters. The van der Waals surface area contributed by atoms with E-state index < -0.39 is 6.09 Å². The van der Waals surface area contributed by atoms with Crippen LogP contribution >= 0.6 is 0 Å². The van der Waals surface area contributed by atoms with E-state index in [2.05, 4.69) is 9.72 Å². The Balaban J connectivity index is 2.62. The molecule has 5 nitrogen and oxygen atoms in total. The van der Waals surface area contributed by atoms with Crippen molar-refractivity contribution in [2.24, 2.45) is 0 Å². The quantitative estimate of drug-likeness (QED) is 0.708. The van der Waals surface area contributed by atoms with Crippen molar-refractivity contribution < 1.29 is 14.4 Å². The summed E-state index contributed by atoms with van der Waals surface area (Å²) in [7, 11) is 1.31. The summed E-state index contributed by atoms with van der Waals surface area (Å²) in [6, 6.07) is 5.48. The van der Waals surface area contributed by atoms with Gasteiger partial charge >= 0.3 is 6.09 Å². The highest BCUT2D eigenvalue weighted by Gasteiger charge is 2.14. The van der Waals surface area contributed by atoms with Crippen LogP contribution in [0.5, 0.6) is 0 Å². The zero-order chi connectivity index (χ0) is 11.1. The van der Waals surface area contributed by atoms with E-state index in [-0.39, 0.29) is 6.54 Å². The van der Waals surface area contributed by atoms with Crippen molar-refractivity contribution in [1.82, 2.24) is 10.0 Å². The van der Waals surface area contributed by atoms with Gasteiger partial charge in [0.1, 0.15) is 0 Å². The fraction of sp³-hybridized carbons (Fsp3) is 0.400. The average Bonchev–Trinajstić information content (AvgIpc) is 2.29. The zero-order valence-electron chi connectivity index (χ0n) is 8.84. The first kappa shape index (κ1) is 11.5. The Kier molecular flexibility index (Phi) is 4.56. The molecule has 0 N–H and O–H groups in total. The van der Waals surface area contributed by atoms with Gasteiger partial charge in [-0.05, 0) is 19.1 Å². The van der Waals surface area contributed by atoms with Crippen molar-refractivity contribution in [3.8, 4) is 0 Å². The van der Waals surface area contributed by atoms with Gasteiger partial charge in [0, 0.05) is 6.20 Å². The molecule has 82 valence electrons. The van der Waals surface area contributed by atoms with E-state index in [9.17, 15) is 4.79 Å². The number of hydrogen-bond acceptors (Lipinski definition) is 4. The maximum absolute atomic E-state index is 11.3. The number of pyridine rings is 1. The van der Waals surface area contributed by atoms with Gasteiger partial charge in [0.15, 0.2) is 0 Å². The van der Waals surface area contributed by atoms with Gasteiger partial charge in [-0.1, -0.05) is 6.07 Å². The van der Waals surface area contributed by atoms with Gasteiger partial charge in [-0.15, -0.1) is 0 Å². The molecule has 0 fully saturated rings. The summed E-state index contributed by atoms with van der Waals surface area (Å²) in [6.45, 7) is 2.48. The predicted molar refractivity (Wildman–Crippen MR) is 53.8 cm³/mol. The molecule has 0 saturated heterocycles. The SMILES string of the molecule is CCON(Cc1ccccn1)C(=O)OC. The van der Waals surface area contributed by atoms with Crippen LogP contribution in [0.15, 0.2) is 24.4 Å². The molecule has 1 aromatic rings. The normalized spacial score (nSPS) is 9.73. The van der Waals surface area contributed by atoms with Crippen molar-refractivity contribution >= 4 is 6.09 Å². The lowest BCUT2D eigenvalue weighted by molar-refractivity contribution is -0.136. The molecule has 0 spiro atoms. The monoisotopic (exact) mass is 210 g/mol. The summed E-state index contributed by atoms with van der Waals surface area (Å²) in [5.41, 5.74) is 0.747. The zero-order valence-corrected chi connectivity index (χ0v) is 8.84. The smallest absolute Gasteiger partial charge is 0.434 e. The maximum atomic E-state index is 11.3. The second-order valence-corrected chi connectivity index (χ2v) is 2.75. The fourth-order valence-electron chi connectivity index (χ4n) is 1.06. The standard InChI is InChI=1S/C10H14N2O3/c1-3-15-12(10(13)14-2)8-9-6-4-5-7-11-9/h4-7H,3,8H2,1-2H3. The number of ether oxygens (including phenoxy) is 1. The van der Waals surface area contributed by atoms with Crippen molar-refractivity contribution in [3.63, 3.8) is 0 Å². The number of amides is 1. The highest BCUT2D eigenvalue weighted by atomic mass is 16.7. The third-order valence-corrected chi connectivity index (χ3v) is 1.69. The molecule has 0 aliphatic rings. The number of nitrogens with zero attached hydrogens (tertiary/aromatic N) is 2. The first-order chi connectivity index (χ1) is 7.27. The Morgan fingerprint density at radius 2 is 2.33 bits per heavy atom. The summed E-state index contributed by atoms with van der Waals surface area (Å²) in [5.74, 6) is 0. The highest BCUT2D eigenvalue weighted by Crippen LogP contribution is 2.03. The molecule has 15 heavy (non-hydrogen) atoms. The van der Waals surface area contributed by atoms with Crippen LogP contribution in [0.3, 0.4) is 0 Å². The number of hydrogen-bond donors (Lipinski definition) is 0. The minimum atomic E-state index is -0.525. The lowest BCUT2D eigenvalue weighted by atomic mass is 10.3. The minimum Gasteiger partial charge on any atom is -0.451 e. The lowest BCUT2D eigenvalue weighted by Gasteiger charge is -2.18. The molecule has 0 saturated carbocycles. The Hall–Kier alpha value is -1.62. The molecule has 0 unspecified atom stereocenters. The van der Waals surface area contributed by atoms with Crippen molar-refractivity contribution in [3.05, 3.63) is 30.1 Å². The van der Waals surface area contributed by atoms with Crippen molar-refractivity contribution in [2.45, 2.75) is 13.5 Å². The highest BCUT2D eigenvalue weighted by molar-refractivity contribution is 5.65. The molecule has 0 radical (unpaired) electrons. The summed E-state index contributed by atoms with van der Waals surface area (Å²) >= 11 is 0. The molecule has 5 heteroatoms. The number of hydroxylamine groups is 2. The molecule has 0 aliphatic heterocycles. The van der Waals surface area contributed by atoms with E-state index in [0.717, 1.165) is 10.8 Å². The van der Waals surface area contributed by atoms with E-state index in [1.165, 1.54) is 7.11 Å². The van der Waals surface area contributed by atoms with Gasteiger partial charge in [0.05, 0.1) is 26.0 Å². The van der Waals surface area contributed by atoms with Crippen molar-refractivity contribution in [2.75, 3.05) is 13.7 Å². The van der Waals surface area contributed by atoms with Crippen LogP contribution in [0.25, 0.3) is 0 Å². The number of rotatable bonds is 4. The second-order valence-electron chi connectivity index (χ2n) is 2.75. The maximum Gasteiger partial charge on any atom is 0.434 e. The number of carbonyl (C=O) groups excluding carboxylic acids is 1. The number of aromatic nitrogens is 1. The Morgan fingerprint density at radius 1 is 1.53 bits per heavy atom. The minimum absolute atomic E-state index is 0.279.